The van der Waals surface area contributed by atoms with Gasteiger partial charge in [0.1, 0.15) is 0 Å². The van der Waals surface area contributed by atoms with Gasteiger partial charge in [0, 0.05) is 24.0 Å². The van der Waals surface area contributed by atoms with Crippen LogP contribution < -0.4 is 5.32 Å². The molecule has 0 radical (unpaired) electrons. The molecule has 1 aliphatic heterocycles. The summed E-state index contributed by atoms with van der Waals surface area (Å²) in [4.78, 5) is 17.2. The van der Waals surface area contributed by atoms with Crippen LogP contribution in [0.2, 0.25) is 0 Å². The summed E-state index contributed by atoms with van der Waals surface area (Å²) in [5.41, 5.74) is 5.48. The van der Waals surface area contributed by atoms with E-state index in [0.29, 0.717) is 24.5 Å². The Morgan fingerprint density at radius 1 is 1.26 bits per heavy atom. The third-order valence-electron chi connectivity index (χ3n) is 4.89. The Hall–Kier alpha value is -1.77. The van der Waals surface area contributed by atoms with Crippen molar-refractivity contribution in [2.24, 2.45) is 5.92 Å². The molecule has 1 aromatic heterocycles. The zero-order valence-electron chi connectivity index (χ0n) is 16.1. The highest BCUT2D eigenvalue weighted by Crippen LogP contribution is 2.31. The number of aromatic nitrogens is 1. The molecule has 8 heteroatoms. The lowest BCUT2D eigenvalue weighted by molar-refractivity contribution is -0.120. The molecule has 0 bridgehead atoms. The van der Waals surface area contributed by atoms with Gasteiger partial charge in [-0.25, -0.2) is 17.7 Å². The molecule has 1 fully saturated rings. The lowest BCUT2D eigenvalue weighted by Gasteiger charge is -2.29. The number of hydrogen-bond acceptors (Lipinski definition) is 5. The molecule has 3 rings (SSSR count). The summed E-state index contributed by atoms with van der Waals surface area (Å²) in [6.07, 6.45) is 2.56. The predicted octanol–water partition coefficient (Wildman–Crippen LogP) is 3.35. The molecule has 0 saturated carbocycles. The van der Waals surface area contributed by atoms with E-state index in [0.717, 1.165) is 22.4 Å². The first kappa shape index (κ1) is 20.0. The van der Waals surface area contributed by atoms with Gasteiger partial charge in [-0.3, -0.25) is 4.79 Å². The number of nitrogens with one attached hydrogen (secondary N) is 1. The van der Waals surface area contributed by atoms with Crippen LogP contribution in [0.1, 0.15) is 29.5 Å². The number of carbonyl (C=O) groups is 1. The zero-order chi connectivity index (χ0) is 19.8. The molecule has 6 nitrogen and oxygen atoms in total. The Bertz CT molecular complexity index is 943. The van der Waals surface area contributed by atoms with Crippen LogP contribution in [0, 0.1) is 26.7 Å². The van der Waals surface area contributed by atoms with Crippen LogP contribution in [0.25, 0.3) is 11.3 Å². The second-order valence-corrected chi connectivity index (χ2v) is 10.1. The number of nitrogens with zero attached hydrogens (tertiary/aromatic N) is 2. The molecule has 1 saturated heterocycles. The number of rotatable bonds is 4. The van der Waals surface area contributed by atoms with Gasteiger partial charge in [-0.1, -0.05) is 17.7 Å². The number of hydrogen-bond donors (Lipinski definition) is 1. The SMILES string of the molecule is Cc1cc(C)c(-c2csc(NC(=O)C3CCCN(S(C)(=O)=O)C3)n2)c(C)c1. The largest absolute Gasteiger partial charge is 0.302 e. The molecule has 1 aliphatic rings. The zero-order valence-corrected chi connectivity index (χ0v) is 17.7. The van der Waals surface area contributed by atoms with E-state index in [9.17, 15) is 13.2 Å². The monoisotopic (exact) mass is 407 g/mol. The van der Waals surface area contributed by atoms with E-state index in [4.69, 9.17) is 0 Å². The molecule has 1 atom stereocenters. The van der Waals surface area contributed by atoms with Crippen molar-refractivity contribution in [2.45, 2.75) is 33.6 Å². The summed E-state index contributed by atoms with van der Waals surface area (Å²) in [5.74, 6) is -0.509. The van der Waals surface area contributed by atoms with E-state index in [-0.39, 0.29) is 18.4 Å². The van der Waals surface area contributed by atoms with Crippen molar-refractivity contribution in [1.29, 1.82) is 0 Å². The first-order valence-electron chi connectivity index (χ1n) is 8.95. The Kier molecular flexibility index (Phi) is 5.69. The Labute approximate surface area is 164 Å². The van der Waals surface area contributed by atoms with Gasteiger partial charge >= 0.3 is 0 Å². The molecule has 0 spiro atoms. The molecule has 1 unspecified atom stereocenters. The fraction of sp³-hybridized carbons (Fsp3) is 0.474. The fourth-order valence-electron chi connectivity index (χ4n) is 3.70. The van der Waals surface area contributed by atoms with Gasteiger partial charge < -0.3 is 5.32 Å². The van der Waals surface area contributed by atoms with E-state index in [2.05, 4.69) is 43.2 Å². The van der Waals surface area contributed by atoms with Crippen LogP contribution in [0.3, 0.4) is 0 Å². The number of anilines is 1. The van der Waals surface area contributed by atoms with E-state index < -0.39 is 10.0 Å². The first-order valence-corrected chi connectivity index (χ1v) is 11.7. The molecular formula is C19H25N3O3S2. The fourth-order valence-corrected chi connectivity index (χ4v) is 5.31. The topological polar surface area (TPSA) is 79.4 Å². The summed E-state index contributed by atoms with van der Waals surface area (Å²) in [5, 5.41) is 5.37. The van der Waals surface area contributed by atoms with E-state index in [1.807, 2.05) is 5.38 Å². The molecule has 1 N–H and O–H groups in total. The van der Waals surface area contributed by atoms with E-state index in [1.165, 1.54) is 27.5 Å². The van der Waals surface area contributed by atoms with E-state index in [1.54, 1.807) is 0 Å². The normalized spacial score (nSPS) is 18.4. The highest BCUT2D eigenvalue weighted by atomic mass is 32.2. The second-order valence-electron chi connectivity index (χ2n) is 7.26. The van der Waals surface area contributed by atoms with Crippen molar-refractivity contribution in [3.8, 4) is 11.3 Å². The maximum Gasteiger partial charge on any atom is 0.230 e. The van der Waals surface area contributed by atoms with Crippen LogP contribution in [-0.4, -0.2) is 43.0 Å². The average Bonchev–Trinajstić information content (AvgIpc) is 3.01. The van der Waals surface area contributed by atoms with Crippen LogP contribution in [0.15, 0.2) is 17.5 Å². The maximum atomic E-state index is 12.6. The molecular weight excluding hydrogens is 382 g/mol. The molecule has 2 aromatic rings. The van der Waals surface area contributed by atoms with Crippen LogP contribution in [0.5, 0.6) is 0 Å². The molecule has 1 aromatic carbocycles. The average molecular weight is 408 g/mol. The summed E-state index contributed by atoms with van der Waals surface area (Å²) < 4.78 is 24.9. The lowest BCUT2D eigenvalue weighted by Crippen LogP contribution is -2.43. The molecule has 2 heterocycles. The van der Waals surface area contributed by atoms with Crippen molar-refractivity contribution in [2.75, 3.05) is 24.7 Å². The van der Waals surface area contributed by atoms with Gasteiger partial charge in [0.25, 0.3) is 0 Å². The molecule has 146 valence electrons. The summed E-state index contributed by atoms with van der Waals surface area (Å²) in [6, 6.07) is 4.25. The highest BCUT2D eigenvalue weighted by molar-refractivity contribution is 7.88. The minimum absolute atomic E-state index is 0.165. The van der Waals surface area contributed by atoms with Gasteiger partial charge in [-0.2, -0.15) is 0 Å². The summed E-state index contributed by atoms with van der Waals surface area (Å²) in [6.45, 7) is 6.92. The third-order valence-corrected chi connectivity index (χ3v) is 6.92. The van der Waals surface area contributed by atoms with Gasteiger partial charge in [0.2, 0.25) is 15.9 Å². The summed E-state index contributed by atoms with van der Waals surface area (Å²) in [7, 11) is -3.27. The van der Waals surface area contributed by atoms with Gasteiger partial charge in [0.05, 0.1) is 17.9 Å². The third kappa shape index (κ3) is 4.56. The highest BCUT2D eigenvalue weighted by Gasteiger charge is 2.30. The van der Waals surface area contributed by atoms with Gasteiger partial charge in [-0.15, -0.1) is 11.3 Å². The van der Waals surface area contributed by atoms with Crippen molar-refractivity contribution in [3.63, 3.8) is 0 Å². The number of benzene rings is 1. The predicted molar refractivity (Wildman–Crippen MR) is 110 cm³/mol. The quantitative estimate of drug-likeness (QED) is 0.843. The first-order chi connectivity index (χ1) is 12.6. The summed E-state index contributed by atoms with van der Waals surface area (Å²) >= 11 is 1.39. The minimum atomic E-state index is -3.27. The van der Waals surface area contributed by atoms with Crippen LogP contribution >= 0.6 is 11.3 Å². The number of carbonyl (C=O) groups excluding carboxylic acids is 1. The molecule has 0 aliphatic carbocycles. The smallest absolute Gasteiger partial charge is 0.230 e. The van der Waals surface area contributed by atoms with Crippen molar-refractivity contribution < 1.29 is 13.2 Å². The molecule has 27 heavy (non-hydrogen) atoms. The Morgan fingerprint density at radius 3 is 2.56 bits per heavy atom. The molecule has 1 amide bonds. The number of piperidine rings is 1. The Morgan fingerprint density at radius 2 is 1.93 bits per heavy atom. The number of sulfonamides is 1. The lowest BCUT2D eigenvalue weighted by atomic mass is 9.98. The minimum Gasteiger partial charge on any atom is -0.302 e. The van der Waals surface area contributed by atoms with Crippen molar-refractivity contribution in [1.82, 2.24) is 9.29 Å². The Balaban J connectivity index is 1.74. The number of amides is 1. The van der Waals surface area contributed by atoms with Crippen LogP contribution in [0.4, 0.5) is 5.13 Å². The van der Waals surface area contributed by atoms with Crippen molar-refractivity contribution in [3.05, 3.63) is 34.2 Å². The van der Waals surface area contributed by atoms with E-state index >= 15 is 0 Å². The van der Waals surface area contributed by atoms with Crippen molar-refractivity contribution >= 4 is 32.4 Å². The van der Waals surface area contributed by atoms with Gasteiger partial charge in [-0.05, 0) is 44.7 Å². The number of thiazole rings is 1. The standard InChI is InChI=1S/C19H25N3O3S2/c1-12-8-13(2)17(14(3)9-12)16-11-26-19(20-16)21-18(23)15-6-5-7-22(10-15)27(4,24)25/h8-9,11,15H,5-7,10H2,1-4H3,(H,20,21,23). The number of aryl methyl sites for hydroxylation is 3. The van der Waals surface area contributed by atoms with Crippen LogP contribution in [-0.2, 0) is 14.8 Å². The van der Waals surface area contributed by atoms with Gasteiger partial charge in [0.15, 0.2) is 5.13 Å². The second kappa shape index (κ2) is 7.69. The maximum absolute atomic E-state index is 12.6.